The van der Waals surface area contributed by atoms with Crippen LogP contribution in [0.1, 0.15) is 68.5 Å². The summed E-state index contributed by atoms with van der Waals surface area (Å²) in [6, 6.07) is 2.52. The van der Waals surface area contributed by atoms with Gasteiger partial charge in [-0.3, -0.25) is 14.5 Å². The number of thioether (sulfide) groups is 1. The van der Waals surface area contributed by atoms with Gasteiger partial charge in [-0.1, -0.05) is 31.2 Å². The van der Waals surface area contributed by atoms with Gasteiger partial charge in [0.25, 0.3) is 0 Å². The molecule has 4 amide bonds. The summed E-state index contributed by atoms with van der Waals surface area (Å²) in [5.74, 6) is 0.148. The number of nitrogens with zero attached hydrogens (tertiary/aromatic N) is 3. The maximum Gasteiger partial charge on any atom is 0.327 e. The highest BCUT2D eigenvalue weighted by Crippen LogP contribution is 2.51. The molecule has 0 radical (unpaired) electrons. The van der Waals surface area contributed by atoms with E-state index in [2.05, 4.69) is 32.5 Å². The molecule has 10 nitrogen and oxygen atoms in total. The molecule has 11 heteroatoms. The molecule has 4 aliphatic rings. The summed E-state index contributed by atoms with van der Waals surface area (Å²) in [5.41, 5.74) is 3.05. The number of hydrogen-bond donors (Lipinski definition) is 3. The Bertz CT molecular complexity index is 1350. The van der Waals surface area contributed by atoms with Gasteiger partial charge in [-0.2, -0.15) is 0 Å². The third kappa shape index (κ3) is 5.02. The van der Waals surface area contributed by atoms with Crippen molar-refractivity contribution >= 4 is 41.0 Å². The normalized spacial score (nSPS) is 25.6. The first-order valence-corrected chi connectivity index (χ1v) is 14.9. The van der Waals surface area contributed by atoms with E-state index in [1.807, 2.05) is 19.1 Å². The molecule has 210 valence electrons. The highest BCUT2D eigenvalue weighted by Gasteiger charge is 2.47. The summed E-state index contributed by atoms with van der Waals surface area (Å²) < 4.78 is 6.06. The molecule has 40 heavy (non-hydrogen) atoms. The van der Waals surface area contributed by atoms with Crippen molar-refractivity contribution in [3.05, 3.63) is 48.3 Å². The molecule has 4 heterocycles. The Morgan fingerprint density at radius 1 is 1.10 bits per heavy atom. The maximum absolute atomic E-state index is 13.6. The number of ether oxygens (including phenoxy) is 1. The summed E-state index contributed by atoms with van der Waals surface area (Å²) in [6.45, 7) is 5.48. The molecule has 4 atom stereocenters. The summed E-state index contributed by atoms with van der Waals surface area (Å²) in [4.78, 5) is 49.8. The summed E-state index contributed by atoms with van der Waals surface area (Å²) in [6.07, 6.45) is 12.8. The number of pyridine rings is 2. The predicted octanol–water partition coefficient (Wildman–Crippen LogP) is 4.21. The number of hydrogen-bond acceptors (Lipinski definition) is 7. The topological polar surface area (TPSA) is 126 Å². The highest BCUT2D eigenvalue weighted by molar-refractivity contribution is 8.01. The van der Waals surface area contributed by atoms with Crippen LogP contribution in [0.15, 0.2) is 42.2 Å². The minimum absolute atomic E-state index is 0.154. The van der Waals surface area contributed by atoms with E-state index in [0.29, 0.717) is 17.3 Å². The Hall–Kier alpha value is -3.60. The van der Waals surface area contributed by atoms with E-state index in [9.17, 15) is 14.4 Å². The van der Waals surface area contributed by atoms with Gasteiger partial charge in [0.15, 0.2) is 0 Å². The largest absolute Gasteiger partial charge is 0.474 e. The fraction of sp³-hybridized carbons (Fsp3) is 0.483. The molecule has 3 N–H and O–H groups in total. The van der Waals surface area contributed by atoms with Crippen LogP contribution >= 0.6 is 11.8 Å². The maximum atomic E-state index is 13.6. The number of carbonyl (C=O) groups excluding carboxylic acids is 3. The van der Waals surface area contributed by atoms with Gasteiger partial charge in [-0.25, -0.2) is 14.8 Å². The van der Waals surface area contributed by atoms with Crippen LogP contribution in [0, 0.1) is 6.92 Å². The molecule has 2 unspecified atom stereocenters. The van der Waals surface area contributed by atoms with Gasteiger partial charge in [0, 0.05) is 29.9 Å². The minimum Gasteiger partial charge on any atom is -0.474 e. The number of nitrogens with one attached hydrogen (secondary N) is 3. The molecule has 0 spiro atoms. The van der Waals surface area contributed by atoms with Gasteiger partial charge in [0.05, 0.1) is 23.6 Å². The first-order chi connectivity index (χ1) is 19.4. The smallest absolute Gasteiger partial charge is 0.327 e. The monoisotopic (exact) mass is 562 g/mol. The molecule has 0 aromatic carbocycles. The van der Waals surface area contributed by atoms with Crippen LogP contribution in [-0.4, -0.2) is 51.3 Å². The lowest BCUT2D eigenvalue weighted by Gasteiger charge is -2.36. The zero-order valence-electron chi connectivity index (χ0n) is 22.5. The van der Waals surface area contributed by atoms with Crippen molar-refractivity contribution in [2.45, 2.75) is 92.8 Å². The Morgan fingerprint density at radius 2 is 1.82 bits per heavy atom. The van der Waals surface area contributed by atoms with Crippen LogP contribution in [0.3, 0.4) is 0 Å². The average Bonchev–Trinajstić information content (AvgIpc) is 3.59. The number of aryl methyl sites for hydroxylation is 1. The van der Waals surface area contributed by atoms with E-state index in [1.54, 1.807) is 17.3 Å². The molecule has 2 aliphatic carbocycles. The first kappa shape index (κ1) is 26.6. The van der Waals surface area contributed by atoms with Crippen molar-refractivity contribution in [2.75, 3.05) is 4.90 Å². The van der Waals surface area contributed by atoms with E-state index in [-0.39, 0.29) is 36.0 Å². The van der Waals surface area contributed by atoms with E-state index in [0.717, 1.165) is 54.7 Å². The second-order valence-electron chi connectivity index (χ2n) is 10.9. The standard InChI is InChI=1S/C29H34N6O4S/c1-3-22(36)32-18-10-6-7-11-19(18)33-27(37)26-25-24-20(12-13-30-28(24)40-26)35(29(38)34-25)21-15-31-23(14-16(21)2)39-17-8-4-5-9-17/h3,12-15,17-19,25-26H,1,4-11H2,2H3,(H,32,36)(H,33,37)(H,34,38)/t18-,19+,25?,26?/m0/s1. The van der Waals surface area contributed by atoms with Crippen molar-refractivity contribution in [3.63, 3.8) is 0 Å². The SMILES string of the molecule is C=CC(=O)N[C@H]1CCCC[C@H]1NC(=O)C1Sc2nccc3c2C1NC(=O)N3c1cnc(OC2CCCC2)cc1C. The third-order valence-corrected chi connectivity index (χ3v) is 9.55. The number of anilines is 2. The van der Waals surface area contributed by atoms with Gasteiger partial charge < -0.3 is 20.7 Å². The molecule has 2 aromatic heterocycles. The Morgan fingerprint density at radius 3 is 2.55 bits per heavy atom. The molecule has 2 fully saturated rings. The fourth-order valence-electron chi connectivity index (χ4n) is 6.25. The van der Waals surface area contributed by atoms with Crippen molar-refractivity contribution in [1.82, 2.24) is 25.9 Å². The number of rotatable bonds is 7. The Balaban J connectivity index is 1.22. The van der Waals surface area contributed by atoms with Crippen LogP contribution < -0.4 is 25.6 Å². The van der Waals surface area contributed by atoms with Gasteiger partial charge in [0.2, 0.25) is 17.7 Å². The molecule has 0 saturated heterocycles. The second kappa shape index (κ2) is 11.1. The van der Waals surface area contributed by atoms with Gasteiger partial charge in [-0.15, -0.1) is 0 Å². The van der Waals surface area contributed by atoms with Crippen LogP contribution in [0.25, 0.3) is 0 Å². The van der Waals surface area contributed by atoms with Crippen LogP contribution in [0.2, 0.25) is 0 Å². The minimum atomic E-state index is -0.575. The van der Waals surface area contributed by atoms with Crippen molar-refractivity contribution in [2.24, 2.45) is 0 Å². The van der Waals surface area contributed by atoms with Gasteiger partial charge in [-0.05, 0) is 63.2 Å². The highest BCUT2D eigenvalue weighted by atomic mass is 32.2. The van der Waals surface area contributed by atoms with Crippen LogP contribution in [0.5, 0.6) is 5.88 Å². The molecule has 0 bridgehead atoms. The first-order valence-electron chi connectivity index (χ1n) is 14.1. The second-order valence-corrected chi connectivity index (χ2v) is 12.0. The van der Waals surface area contributed by atoms with E-state index in [4.69, 9.17) is 4.74 Å². The molecule has 2 aliphatic heterocycles. The summed E-state index contributed by atoms with van der Waals surface area (Å²) in [7, 11) is 0. The lowest BCUT2D eigenvalue weighted by Crippen LogP contribution is -2.56. The Labute approximate surface area is 237 Å². The molecule has 2 aromatic rings. The summed E-state index contributed by atoms with van der Waals surface area (Å²) >= 11 is 1.36. The van der Waals surface area contributed by atoms with E-state index in [1.165, 1.54) is 30.7 Å². The van der Waals surface area contributed by atoms with Gasteiger partial charge in [0.1, 0.15) is 16.4 Å². The number of carbonyl (C=O) groups is 3. The van der Waals surface area contributed by atoms with E-state index < -0.39 is 11.3 Å². The zero-order valence-corrected chi connectivity index (χ0v) is 23.3. The van der Waals surface area contributed by atoms with Gasteiger partial charge >= 0.3 is 6.03 Å². The lowest BCUT2D eigenvalue weighted by atomic mass is 9.89. The molecule has 2 saturated carbocycles. The van der Waals surface area contributed by atoms with Crippen LogP contribution in [-0.2, 0) is 9.59 Å². The molecule has 6 rings (SSSR count). The predicted molar refractivity (Wildman–Crippen MR) is 152 cm³/mol. The van der Waals surface area contributed by atoms with E-state index >= 15 is 0 Å². The number of urea groups is 1. The quantitative estimate of drug-likeness (QED) is 0.432. The summed E-state index contributed by atoms with van der Waals surface area (Å²) in [5, 5.41) is 9.33. The number of amides is 4. The van der Waals surface area contributed by atoms with Crippen LogP contribution in [0.4, 0.5) is 16.2 Å². The molecular weight excluding hydrogens is 528 g/mol. The van der Waals surface area contributed by atoms with Crippen molar-refractivity contribution in [1.29, 1.82) is 0 Å². The lowest BCUT2D eigenvalue weighted by molar-refractivity contribution is -0.123. The third-order valence-electron chi connectivity index (χ3n) is 8.26. The van der Waals surface area contributed by atoms with Crippen molar-refractivity contribution in [3.8, 4) is 5.88 Å². The Kier molecular flexibility index (Phi) is 7.39. The molecular formula is C29H34N6O4S. The zero-order chi connectivity index (χ0) is 27.8. The number of aromatic nitrogens is 2. The fourth-order valence-corrected chi connectivity index (χ4v) is 7.48. The van der Waals surface area contributed by atoms with Crippen molar-refractivity contribution < 1.29 is 19.1 Å². The average molecular weight is 563 g/mol.